The van der Waals surface area contributed by atoms with Gasteiger partial charge in [-0.15, -0.1) is 0 Å². The van der Waals surface area contributed by atoms with Crippen LogP contribution in [0.5, 0.6) is 0 Å². The molecule has 0 radical (unpaired) electrons. The van der Waals surface area contributed by atoms with Gasteiger partial charge in [0.15, 0.2) is 0 Å². The van der Waals surface area contributed by atoms with Crippen LogP contribution in [0.15, 0.2) is 23.0 Å². The Morgan fingerprint density at radius 2 is 2.00 bits per heavy atom. The van der Waals surface area contributed by atoms with E-state index in [9.17, 15) is 4.79 Å². The van der Waals surface area contributed by atoms with E-state index in [-0.39, 0.29) is 5.56 Å². The van der Waals surface area contributed by atoms with Crippen LogP contribution in [0.3, 0.4) is 0 Å². The average Bonchev–Trinajstić information content (AvgIpc) is 2.81. The largest absolute Gasteiger partial charge is 0.306 e. The van der Waals surface area contributed by atoms with Crippen molar-refractivity contribution in [1.29, 1.82) is 0 Å². The summed E-state index contributed by atoms with van der Waals surface area (Å²) >= 11 is 11.8. The maximum atomic E-state index is 11.9. The van der Waals surface area contributed by atoms with E-state index >= 15 is 0 Å². The first-order chi connectivity index (χ1) is 8.65. The SMILES string of the molecule is O=c1[nH]c(-c2ccc(Cl)c(Cl)c2)nc2c1CCC2. The summed E-state index contributed by atoms with van der Waals surface area (Å²) in [6, 6.07) is 5.21. The predicted octanol–water partition coefficient (Wildman–Crippen LogP) is 3.23. The molecular weight excluding hydrogens is 271 g/mol. The third-order valence-electron chi connectivity index (χ3n) is 3.13. The normalized spacial score (nSPS) is 13.7. The Hall–Kier alpha value is -1.32. The quantitative estimate of drug-likeness (QED) is 0.872. The standard InChI is InChI=1S/C13H10Cl2N2O/c14-9-5-4-7(6-10(9)15)12-16-11-3-1-2-8(11)13(18)17-12/h4-6H,1-3H2,(H,16,17,18). The molecule has 0 unspecified atom stereocenters. The molecule has 18 heavy (non-hydrogen) atoms. The molecule has 1 heterocycles. The van der Waals surface area contributed by atoms with E-state index in [1.54, 1.807) is 18.2 Å². The van der Waals surface area contributed by atoms with Crippen LogP contribution in [0.4, 0.5) is 0 Å². The Morgan fingerprint density at radius 1 is 1.17 bits per heavy atom. The minimum atomic E-state index is -0.0430. The van der Waals surface area contributed by atoms with Crippen molar-refractivity contribution >= 4 is 23.2 Å². The van der Waals surface area contributed by atoms with Crippen LogP contribution in [0.2, 0.25) is 10.0 Å². The smallest absolute Gasteiger partial charge is 0.254 e. The van der Waals surface area contributed by atoms with Crippen molar-refractivity contribution in [2.75, 3.05) is 0 Å². The van der Waals surface area contributed by atoms with Crippen LogP contribution in [0, 0.1) is 0 Å². The number of H-pyrrole nitrogens is 1. The minimum absolute atomic E-state index is 0.0430. The number of aryl methyl sites for hydroxylation is 1. The second-order valence-corrected chi connectivity index (χ2v) is 5.14. The Balaban J connectivity index is 2.15. The summed E-state index contributed by atoms with van der Waals surface area (Å²) in [5.74, 6) is 0.555. The summed E-state index contributed by atoms with van der Waals surface area (Å²) in [5.41, 5.74) is 2.45. The van der Waals surface area contributed by atoms with E-state index in [0.29, 0.717) is 15.9 Å². The number of benzene rings is 1. The molecule has 0 spiro atoms. The number of nitrogens with one attached hydrogen (secondary N) is 1. The molecule has 1 aliphatic rings. The highest BCUT2D eigenvalue weighted by Gasteiger charge is 2.17. The molecule has 1 aromatic carbocycles. The Labute approximate surface area is 114 Å². The van der Waals surface area contributed by atoms with Gasteiger partial charge in [0, 0.05) is 11.1 Å². The molecule has 3 nitrogen and oxygen atoms in total. The Kier molecular flexibility index (Phi) is 2.88. The van der Waals surface area contributed by atoms with Gasteiger partial charge in [-0.2, -0.15) is 0 Å². The molecule has 0 fully saturated rings. The number of hydrogen-bond donors (Lipinski definition) is 1. The molecule has 0 saturated carbocycles. The average molecular weight is 281 g/mol. The van der Waals surface area contributed by atoms with Gasteiger partial charge >= 0.3 is 0 Å². The van der Waals surface area contributed by atoms with Crippen LogP contribution < -0.4 is 5.56 Å². The van der Waals surface area contributed by atoms with Crippen LogP contribution >= 0.6 is 23.2 Å². The Morgan fingerprint density at radius 3 is 2.78 bits per heavy atom. The molecule has 1 aromatic heterocycles. The first-order valence-electron chi connectivity index (χ1n) is 5.72. The molecule has 3 rings (SSSR count). The lowest BCUT2D eigenvalue weighted by Gasteiger charge is -2.05. The topological polar surface area (TPSA) is 45.8 Å². The number of rotatable bonds is 1. The summed E-state index contributed by atoms with van der Waals surface area (Å²) in [6.45, 7) is 0. The lowest BCUT2D eigenvalue weighted by Crippen LogP contribution is -2.15. The molecule has 0 bridgehead atoms. The number of fused-ring (bicyclic) bond motifs is 1. The monoisotopic (exact) mass is 280 g/mol. The van der Waals surface area contributed by atoms with Crippen molar-refractivity contribution in [3.63, 3.8) is 0 Å². The molecule has 0 saturated heterocycles. The number of halogens is 2. The molecule has 1 N–H and O–H groups in total. The number of nitrogens with zero attached hydrogens (tertiary/aromatic N) is 1. The third kappa shape index (κ3) is 1.93. The van der Waals surface area contributed by atoms with Gasteiger partial charge in [0.05, 0.1) is 15.7 Å². The van der Waals surface area contributed by atoms with Gasteiger partial charge in [0.2, 0.25) is 0 Å². The molecule has 0 amide bonds. The fourth-order valence-electron chi connectivity index (χ4n) is 2.22. The second-order valence-electron chi connectivity index (χ2n) is 4.32. The number of aromatic nitrogens is 2. The van der Waals surface area contributed by atoms with Gasteiger partial charge in [-0.05, 0) is 37.5 Å². The molecule has 1 aliphatic carbocycles. The van der Waals surface area contributed by atoms with Crippen LogP contribution in [-0.4, -0.2) is 9.97 Å². The summed E-state index contributed by atoms with van der Waals surface area (Å²) < 4.78 is 0. The number of hydrogen-bond acceptors (Lipinski definition) is 2. The minimum Gasteiger partial charge on any atom is -0.306 e. The first-order valence-corrected chi connectivity index (χ1v) is 6.48. The molecule has 0 aliphatic heterocycles. The van der Waals surface area contributed by atoms with Crippen molar-refractivity contribution in [3.05, 3.63) is 49.9 Å². The fraction of sp³-hybridized carbons (Fsp3) is 0.231. The molecule has 0 atom stereocenters. The molecular formula is C13H10Cl2N2O. The van der Waals surface area contributed by atoms with Crippen LogP contribution in [0.1, 0.15) is 17.7 Å². The van der Waals surface area contributed by atoms with E-state index in [2.05, 4.69) is 9.97 Å². The van der Waals surface area contributed by atoms with Gasteiger partial charge in [-0.25, -0.2) is 4.98 Å². The van der Waals surface area contributed by atoms with E-state index in [4.69, 9.17) is 23.2 Å². The summed E-state index contributed by atoms with van der Waals surface area (Å²) in [6.07, 6.45) is 2.68. The zero-order valence-electron chi connectivity index (χ0n) is 9.46. The van der Waals surface area contributed by atoms with Gasteiger partial charge in [-0.3, -0.25) is 4.79 Å². The van der Waals surface area contributed by atoms with Gasteiger partial charge < -0.3 is 4.98 Å². The maximum Gasteiger partial charge on any atom is 0.254 e. The second kappa shape index (κ2) is 4.41. The molecule has 5 heteroatoms. The van der Waals surface area contributed by atoms with Crippen molar-refractivity contribution in [2.45, 2.75) is 19.3 Å². The molecule has 92 valence electrons. The summed E-state index contributed by atoms with van der Waals surface area (Å²) in [4.78, 5) is 19.2. The van der Waals surface area contributed by atoms with Gasteiger partial charge in [0.1, 0.15) is 5.82 Å². The van der Waals surface area contributed by atoms with E-state index in [0.717, 1.165) is 36.1 Å². The van der Waals surface area contributed by atoms with E-state index < -0.39 is 0 Å². The third-order valence-corrected chi connectivity index (χ3v) is 3.87. The highest BCUT2D eigenvalue weighted by Crippen LogP contribution is 2.27. The van der Waals surface area contributed by atoms with Crippen molar-refractivity contribution in [2.24, 2.45) is 0 Å². The lowest BCUT2D eigenvalue weighted by atomic mass is 10.2. The summed E-state index contributed by atoms with van der Waals surface area (Å²) in [5, 5.41) is 0.946. The zero-order valence-corrected chi connectivity index (χ0v) is 11.0. The summed E-state index contributed by atoms with van der Waals surface area (Å²) in [7, 11) is 0. The van der Waals surface area contributed by atoms with Crippen molar-refractivity contribution in [3.8, 4) is 11.4 Å². The predicted molar refractivity (Wildman–Crippen MR) is 72.3 cm³/mol. The first kappa shape index (κ1) is 11.8. The van der Waals surface area contributed by atoms with Gasteiger partial charge in [0.25, 0.3) is 5.56 Å². The highest BCUT2D eigenvalue weighted by molar-refractivity contribution is 6.42. The molecule has 2 aromatic rings. The fourth-order valence-corrected chi connectivity index (χ4v) is 2.52. The Bertz CT molecular complexity index is 679. The lowest BCUT2D eigenvalue weighted by molar-refractivity contribution is 0.899. The maximum absolute atomic E-state index is 11.9. The van der Waals surface area contributed by atoms with E-state index in [1.165, 1.54) is 0 Å². The van der Waals surface area contributed by atoms with Crippen LogP contribution in [-0.2, 0) is 12.8 Å². The number of aromatic amines is 1. The van der Waals surface area contributed by atoms with E-state index in [1.807, 2.05) is 0 Å². The zero-order chi connectivity index (χ0) is 12.7. The van der Waals surface area contributed by atoms with Crippen molar-refractivity contribution in [1.82, 2.24) is 9.97 Å². The highest BCUT2D eigenvalue weighted by atomic mass is 35.5. The van der Waals surface area contributed by atoms with Gasteiger partial charge in [-0.1, -0.05) is 23.2 Å². The van der Waals surface area contributed by atoms with Crippen LogP contribution in [0.25, 0.3) is 11.4 Å². The van der Waals surface area contributed by atoms with Crippen molar-refractivity contribution < 1.29 is 0 Å².